The molecule has 0 unspecified atom stereocenters. The minimum absolute atomic E-state index is 0.692. The Kier molecular flexibility index (Phi) is 1.49. The SMILES string of the molecule is Cc1ccc(C)n1C(=O)[O-]. The van der Waals surface area contributed by atoms with Crippen LogP contribution in [0.2, 0.25) is 0 Å². The Morgan fingerprint density at radius 3 is 2.00 bits per heavy atom. The van der Waals surface area contributed by atoms with E-state index in [2.05, 4.69) is 0 Å². The Labute approximate surface area is 58.9 Å². The first-order valence-electron chi connectivity index (χ1n) is 2.99. The van der Waals surface area contributed by atoms with Gasteiger partial charge < -0.3 is 14.5 Å². The van der Waals surface area contributed by atoms with E-state index in [1.807, 2.05) is 0 Å². The van der Waals surface area contributed by atoms with Crippen LogP contribution in [0.15, 0.2) is 12.1 Å². The molecule has 0 aromatic carbocycles. The molecule has 1 aromatic rings. The molecule has 10 heavy (non-hydrogen) atoms. The van der Waals surface area contributed by atoms with Gasteiger partial charge in [-0.1, -0.05) is 0 Å². The van der Waals surface area contributed by atoms with Crippen molar-refractivity contribution in [3.8, 4) is 0 Å². The number of carboxylic acid groups (broad SMARTS) is 1. The molecule has 1 aromatic heterocycles. The van der Waals surface area contributed by atoms with Gasteiger partial charge in [0.05, 0.1) is 0 Å². The van der Waals surface area contributed by atoms with Gasteiger partial charge in [0.2, 0.25) is 0 Å². The summed E-state index contributed by atoms with van der Waals surface area (Å²) in [4.78, 5) is 10.4. The van der Waals surface area contributed by atoms with Crippen molar-refractivity contribution in [1.29, 1.82) is 0 Å². The summed E-state index contributed by atoms with van der Waals surface area (Å²) in [5.41, 5.74) is 1.38. The molecule has 0 bridgehead atoms. The van der Waals surface area contributed by atoms with Gasteiger partial charge in [-0.3, -0.25) is 0 Å². The first-order chi connectivity index (χ1) is 4.63. The van der Waals surface area contributed by atoms with E-state index in [1.54, 1.807) is 26.0 Å². The zero-order chi connectivity index (χ0) is 7.72. The fraction of sp³-hybridized carbons (Fsp3) is 0.286. The molecular formula is C7H8NO2-. The van der Waals surface area contributed by atoms with Gasteiger partial charge in [0.15, 0.2) is 0 Å². The highest BCUT2D eigenvalue weighted by molar-refractivity contribution is 5.68. The molecule has 0 radical (unpaired) electrons. The summed E-state index contributed by atoms with van der Waals surface area (Å²) >= 11 is 0. The lowest BCUT2D eigenvalue weighted by Crippen LogP contribution is -2.30. The van der Waals surface area contributed by atoms with Crippen molar-refractivity contribution in [3.05, 3.63) is 23.5 Å². The minimum atomic E-state index is -1.17. The lowest BCUT2D eigenvalue weighted by atomic mass is 10.5. The maximum atomic E-state index is 10.4. The quantitative estimate of drug-likeness (QED) is 0.517. The van der Waals surface area contributed by atoms with Crippen LogP contribution in [0.5, 0.6) is 0 Å². The molecule has 0 aliphatic carbocycles. The second kappa shape index (κ2) is 2.17. The van der Waals surface area contributed by atoms with Crippen molar-refractivity contribution in [1.82, 2.24) is 4.57 Å². The first kappa shape index (κ1) is 6.86. The van der Waals surface area contributed by atoms with Crippen LogP contribution >= 0.6 is 0 Å². The average Bonchev–Trinajstić information content (AvgIpc) is 2.11. The van der Waals surface area contributed by atoms with E-state index in [9.17, 15) is 9.90 Å². The molecule has 1 heterocycles. The largest absolute Gasteiger partial charge is 0.529 e. The number of hydrogen-bond donors (Lipinski definition) is 0. The molecule has 0 atom stereocenters. The van der Waals surface area contributed by atoms with Gasteiger partial charge in [0.25, 0.3) is 0 Å². The van der Waals surface area contributed by atoms with E-state index >= 15 is 0 Å². The molecule has 1 rings (SSSR count). The van der Waals surface area contributed by atoms with E-state index in [1.165, 1.54) is 0 Å². The zero-order valence-electron chi connectivity index (χ0n) is 5.92. The molecule has 0 saturated heterocycles. The molecule has 0 amide bonds. The van der Waals surface area contributed by atoms with Crippen LogP contribution in [0.3, 0.4) is 0 Å². The number of carbonyl (C=O) groups excluding carboxylic acids is 1. The third kappa shape index (κ3) is 0.900. The van der Waals surface area contributed by atoms with Crippen molar-refractivity contribution >= 4 is 6.09 Å². The Hall–Kier alpha value is -1.25. The topological polar surface area (TPSA) is 45.1 Å². The number of rotatable bonds is 0. The van der Waals surface area contributed by atoms with E-state index < -0.39 is 6.09 Å². The highest BCUT2D eigenvalue weighted by Crippen LogP contribution is 2.04. The second-order valence-corrected chi connectivity index (χ2v) is 2.22. The van der Waals surface area contributed by atoms with Crippen LogP contribution in [0.4, 0.5) is 4.79 Å². The van der Waals surface area contributed by atoms with Gasteiger partial charge in [-0.15, -0.1) is 0 Å². The highest BCUT2D eigenvalue weighted by atomic mass is 16.4. The van der Waals surface area contributed by atoms with E-state index in [4.69, 9.17) is 0 Å². The molecule has 0 fully saturated rings. The van der Waals surface area contributed by atoms with Gasteiger partial charge >= 0.3 is 0 Å². The standard InChI is InChI=1S/C7H9NO2/c1-5-3-4-6(2)8(5)7(9)10/h3-4H,1-2H3,(H,9,10)/p-1. The summed E-state index contributed by atoms with van der Waals surface area (Å²) in [5.74, 6) is 0. The van der Waals surface area contributed by atoms with Crippen molar-refractivity contribution < 1.29 is 9.90 Å². The van der Waals surface area contributed by atoms with E-state index in [0.717, 1.165) is 4.57 Å². The van der Waals surface area contributed by atoms with Crippen molar-refractivity contribution in [3.63, 3.8) is 0 Å². The van der Waals surface area contributed by atoms with Gasteiger partial charge in [0.1, 0.15) is 6.09 Å². The Bertz CT molecular complexity index is 243. The molecular weight excluding hydrogens is 130 g/mol. The van der Waals surface area contributed by atoms with Crippen LogP contribution in [0.1, 0.15) is 11.4 Å². The number of aryl methyl sites for hydroxylation is 2. The maximum Gasteiger partial charge on any atom is 0.145 e. The second-order valence-electron chi connectivity index (χ2n) is 2.22. The lowest BCUT2D eigenvalue weighted by Gasteiger charge is -2.07. The van der Waals surface area contributed by atoms with Gasteiger partial charge in [-0.2, -0.15) is 0 Å². The zero-order valence-corrected chi connectivity index (χ0v) is 5.92. The molecule has 0 aliphatic rings. The molecule has 0 N–H and O–H groups in total. The predicted octanol–water partition coefficient (Wildman–Crippen LogP) is 0.296. The summed E-state index contributed by atoms with van der Waals surface area (Å²) in [5, 5.41) is 10.4. The van der Waals surface area contributed by atoms with Gasteiger partial charge in [0, 0.05) is 11.4 Å². The van der Waals surface area contributed by atoms with Crippen LogP contribution < -0.4 is 5.11 Å². The summed E-state index contributed by atoms with van der Waals surface area (Å²) in [7, 11) is 0. The van der Waals surface area contributed by atoms with Crippen LogP contribution in [0.25, 0.3) is 0 Å². The molecule has 0 saturated carbocycles. The van der Waals surface area contributed by atoms with Gasteiger partial charge in [-0.05, 0) is 26.0 Å². The predicted molar refractivity (Wildman–Crippen MR) is 34.7 cm³/mol. The number of carbonyl (C=O) groups is 1. The summed E-state index contributed by atoms with van der Waals surface area (Å²) in [6, 6.07) is 3.48. The minimum Gasteiger partial charge on any atom is -0.529 e. The van der Waals surface area contributed by atoms with E-state index in [-0.39, 0.29) is 0 Å². The number of aromatic nitrogens is 1. The number of hydrogen-bond acceptors (Lipinski definition) is 2. The fourth-order valence-corrected chi connectivity index (χ4v) is 0.956. The Morgan fingerprint density at radius 1 is 1.40 bits per heavy atom. The summed E-state index contributed by atoms with van der Waals surface area (Å²) < 4.78 is 1.14. The van der Waals surface area contributed by atoms with Crippen molar-refractivity contribution in [2.75, 3.05) is 0 Å². The third-order valence-corrected chi connectivity index (χ3v) is 1.45. The normalized spacial score (nSPS) is 9.80. The van der Waals surface area contributed by atoms with Crippen LogP contribution in [0, 0.1) is 13.8 Å². The van der Waals surface area contributed by atoms with Crippen molar-refractivity contribution in [2.45, 2.75) is 13.8 Å². The van der Waals surface area contributed by atoms with Crippen molar-refractivity contribution in [2.24, 2.45) is 0 Å². The van der Waals surface area contributed by atoms with Crippen LogP contribution in [-0.2, 0) is 0 Å². The molecule has 3 nitrogen and oxygen atoms in total. The smallest absolute Gasteiger partial charge is 0.145 e. The molecule has 0 spiro atoms. The monoisotopic (exact) mass is 138 g/mol. The summed E-state index contributed by atoms with van der Waals surface area (Å²) in [6.45, 7) is 3.45. The van der Waals surface area contributed by atoms with Crippen LogP contribution in [-0.4, -0.2) is 10.7 Å². The third-order valence-electron chi connectivity index (χ3n) is 1.45. The van der Waals surface area contributed by atoms with Gasteiger partial charge in [-0.25, -0.2) is 0 Å². The number of nitrogens with zero attached hydrogens (tertiary/aromatic N) is 1. The van der Waals surface area contributed by atoms with E-state index in [0.29, 0.717) is 11.4 Å². The average molecular weight is 138 g/mol. The Balaban J connectivity index is 3.23. The molecule has 3 heteroatoms. The fourth-order valence-electron chi connectivity index (χ4n) is 0.956. The lowest BCUT2D eigenvalue weighted by molar-refractivity contribution is -0.250. The first-order valence-corrected chi connectivity index (χ1v) is 2.99. The Morgan fingerprint density at radius 2 is 1.80 bits per heavy atom. The summed E-state index contributed by atoms with van der Waals surface area (Å²) in [6.07, 6.45) is -1.17. The maximum absolute atomic E-state index is 10.4. The molecule has 0 aliphatic heterocycles. The highest BCUT2D eigenvalue weighted by Gasteiger charge is 1.98. The molecule has 54 valence electrons.